The minimum Gasteiger partial charge on any atom is -0.360 e. The summed E-state index contributed by atoms with van der Waals surface area (Å²) >= 11 is 0. The van der Waals surface area contributed by atoms with Gasteiger partial charge in [0.1, 0.15) is 23.1 Å². The lowest BCUT2D eigenvalue weighted by molar-refractivity contribution is 0.369. The van der Waals surface area contributed by atoms with Crippen molar-refractivity contribution in [3.63, 3.8) is 0 Å². The highest BCUT2D eigenvalue weighted by molar-refractivity contribution is 7.89. The van der Waals surface area contributed by atoms with E-state index in [0.29, 0.717) is 17.0 Å². The van der Waals surface area contributed by atoms with Gasteiger partial charge < -0.3 is 9.05 Å². The van der Waals surface area contributed by atoms with Crippen molar-refractivity contribution < 1.29 is 17.5 Å². The van der Waals surface area contributed by atoms with Crippen LogP contribution in [0.5, 0.6) is 0 Å². The van der Waals surface area contributed by atoms with Gasteiger partial charge in [-0.25, -0.2) is 8.42 Å². The summed E-state index contributed by atoms with van der Waals surface area (Å²) < 4.78 is 32.0. The molecule has 0 aliphatic rings. The highest BCUT2D eigenvalue weighted by Gasteiger charge is 2.17. The minimum atomic E-state index is -3.22. The van der Waals surface area contributed by atoms with E-state index in [1.54, 1.807) is 6.92 Å². The molecule has 0 N–H and O–H groups in total. The normalized spacial score (nSPS) is 11.4. The van der Waals surface area contributed by atoms with E-state index in [4.69, 9.17) is 14.3 Å². The summed E-state index contributed by atoms with van der Waals surface area (Å²) in [6.45, 7) is 1.62. The number of aromatic nitrogens is 3. The molecule has 0 fully saturated rings. The molecule has 0 amide bonds. The van der Waals surface area contributed by atoms with E-state index in [2.05, 4.69) is 15.3 Å². The summed E-state index contributed by atoms with van der Waals surface area (Å²) in [5.74, 6) is 0.382. The summed E-state index contributed by atoms with van der Waals surface area (Å²) in [5, 5.41) is 16.2. The maximum atomic E-state index is 11.1. The zero-order valence-electron chi connectivity index (χ0n) is 10.2. The van der Waals surface area contributed by atoms with Gasteiger partial charge in [-0.15, -0.1) is 0 Å². The fourth-order valence-corrected chi connectivity index (χ4v) is 2.07. The Balaban J connectivity index is 2.19. The molecular weight excluding hydrogens is 272 g/mol. The first-order valence-electron chi connectivity index (χ1n) is 5.23. The average molecular weight is 282 g/mol. The number of nitrogens with zero attached hydrogens (tertiary/aromatic N) is 4. The van der Waals surface area contributed by atoms with Gasteiger partial charge in [-0.2, -0.15) is 10.2 Å². The van der Waals surface area contributed by atoms with E-state index < -0.39 is 9.84 Å². The van der Waals surface area contributed by atoms with Crippen molar-refractivity contribution in [1.29, 1.82) is 5.26 Å². The SMILES string of the molecule is Cc1onc(Cc2nc(CS(C)(=O)=O)no2)c1C#N. The molecule has 0 aromatic carbocycles. The molecule has 0 radical (unpaired) electrons. The predicted molar refractivity (Wildman–Crippen MR) is 61.6 cm³/mol. The zero-order chi connectivity index (χ0) is 14.0. The summed E-state index contributed by atoms with van der Waals surface area (Å²) in [7, 11) is -3.22. The maximum absolute atomic E-state index is 11.1. The molecule has 0 unspecified atom stereocenters. The lowest BCUT2D eigenvalue weighted by Gasteiger charge is -1.89. The Labute approximate surface area is 108 Å². The van der Waals surface area contributed by atoms with E-state index in [-0.39, 0.29) is 23.9 Å². The molecule has 0 bridgehead atoms. The third-order valence-corrected chi connectivity index (χ3v) is 3.05. The van der Waals surface area contributed by atoms with Gasteiger partial charge >= 0.3 is 0 Å². The van der Waals surface area contributed by atoms with Crippen LogP contribution in [0.4, 0.5) is 0 Å². The quantitative estimate of drug-likeness (QED) is 0.788. The summed E-state index contributed by atoms with van der Waals surface area (Å²) in [6.07, 6.45) is 1.20. The van der Waals surface area contributed by atoms with Gasteiger partial charge in [-0.05, 0) is 6.92 Å². The molecule has 0 saturated heterocycles. The molecule has 0 atom stereocenters. The topological polar surface area (TPSA) is 123 Å². The Bertz CT molecular complexity index is 738. The molecule has 2 rings (SSSR count). The number of aryl methyl sites for hydroxylation is 1. The average Bonchev–Trinajstić information content (AvgIpc) is 2.85. The Morgan fingerprint density at radius 1 is 1.32 bits per heavy atom. The molecule has 0 aliphatic heterocycles. The molecule has 2 aromatic rings. The third kappa shape index (κ3) is 3.17. The van der Waals surface area contributed by atoms with Crippen LogP contribution in [0.15, 0.2) is 9.05 Å². The third-order valence-electron chi connectivity index (χ3n) is 2.27. The molecule has 9 heteroatoms. The Morgan fingerprint density at radius 2 is 2.05 bits per heavy atom. The largest absolute Gasteiger partial charge is 0.360 e. The molecule has 0 aliphatic carbocycles. The van der Waals surface area contributed by atoms with Crippen molar-refractivity contribution in [2.75, 3.05) is 6.26 Å². The Morgan fingerprint density at radius 3 is 2.68 bits per heavy atom. The van der Waals surface area contributed by atoms with Crippen molar-refractivity contribution in [3.05, 3.63) is 28.7 Å². The number of rotatable bonds is 4. The van der Waals surface area contributed by atoms with Gasteiger partial charge in [-0.3, -0.25) is 0 Å². The van der Waals surface area contributed by atoms with Crippen LogP contribution < -0.4 is 0 Å². The first-order chi connectivity index (χ1) is 8.89. The van der Waals surface area contributed by atoms with Gasteiger partial charge in [0.05, 0.1) is 6.42 Å². The number of nitriles is 1. The fraction of sp³-hybridized carbons (Fsp3) is 0.400. The lowest BCUT2D eigenvalue weighted by atomic mass is 10.2. The van der Waals surface area contributed by atoms with Crippen LogP contribution >= 0.6 is 0 Å². The van der Waals surface area contributed by atoms with Gasteiger partial charge in [-0.1, -0.05) is 10.3 Å². The van der Waals surface area contributed by atoms with Gasteiger partial charge in [0, 0.05) is 6.26 Å². The minimum absolute atomic E-state index is 0.0798. The van der Waals surface area contributed by atoms with E-state index in [9.17, 15) is 8.42 Å². The van der Waals surface area contributed by atoms with E-state index in [0.717, 1.165) is 6.26 Å². The summed E-state index contributed by atoms with van der Waals surface area (Å²) in [6, 6.07) is 1.97. The summed E-state index contributed by atoms with van der Waals surface area (Å²) in [4.78, 5) is 3.93. The highest BCUT2D eigenvalue weighted by Crippen LogP contribution is 2.15. The number of hydrogen-bond donors (Lipinski definition) is 0. The smallest absolute Gasteiger partial charge is 0.232 e. The molecule has 0 spiro atoms. The Hall–Kier alpha value is -2.21. The molecule has 100 valence electrons. The molecular formula is C10H10N4O4S. The van der Waals surface area contributed by atoms with Crippen molar-refractivity contribution in [1.82, 2.24) is 15.3 Å². The van der Waals surface area contributed by atoms with Gasteiger partial charge in [0.25, 0.3) is 0 Å². The molecule has 2 aromatic heterocycles. The van der Waals surface area contributed by atoms with Gasteiger partial charge in [0.2, 0.25) is 5.89 Å². The highest BCUT2D eigenvalue weighted by atomic mass is 32.2. The van der Waals surface area contributed by atoms with Crippen LogP contribution in [0.3, 0.4) is 0 Å². The van der Waals surface area contributed by atoms with Crippen molar-refractivity contribution in [3.8, 4) is 6.07 Å². The second-order valence-corrected chi connectivity index (χ2v) is 6.16. The monoisotopic (exact) mass is 282 g/mol. The standard InChI is InChI=1S/C10H10N4O4S/c1-6-7(4-11)8(13-17-6)3-10-12-9(14-18-10)5-19(2,15)16/h3,5H2,1-2H3. The molecule has 8 nitrogen and oxygen atoms in total. The molecule has 2 heterocycles. The fourth-order valence-electron chi connectivity index (χ4n) is 1.48. The zero-order valence-corrected chi connectivity index (χ0v) is 11.1. The van der Waals surface area contributed by atoms with E-state index in [1.165, 1.54) is 0 Å². The second kappa shape index (κ2) is 4.81. The molecule has 0 saturated carbocycles. The van der Waals surface area contributed by atoms with Crippen LogP contribution in [0.1, 0.15) is 28.7 Å². The summed E-state index contributed by atoms with van der Waals surface area (Å²) in [5.41, 5.74) is 0.706. The van der Waals surface area contributed by atoms with Crippen molar-refractivity contribution in [2.24, 2.45) is 0 Å². The van der Waals surface area contributed by atoms with Crippen molar-refractivity contribution in [2.45, 2.75) is 19.1 Å². The van der Waals surface area contributed by atoms with E-state index in [1.807, 2.05) is 6.07 Å². The predicted octanol–water partition coefficient (Wildman–Crippen LogP) is 0.373. The number of hydrogen-bond acceptors (Lipinski definition) is 8. The lowest BCUT2D eigenvalue weighted by Crippen LogP contribution is -2.02. The Kier molecular flexibility index (Phi) is 3.35. The number of sulfone groups is 1. The second-order valence-electron chi connectivity index (χ2n) is 4.02. The van der Waals surface area contributed by atoms with Gasteiger partial charge in [0.15, 0.2) is 21.4 Å². The van der Waals surface area contributed by atoms with Crippen LogP contribution in [0.2, 0.25) is 0 Å². The van der Waals surface area contributed by atoms with E-state index >= 15 is 0 Å². The maximum Gasteiger partial charge on any atom is 0.232 e. The van der Waals surface area contributed by atoms with Crippen LogP contribution in [0, 0.1) is 18.3 Å². The molecule has 19 heavy (non-hydrogen) atoms. The first-order valence-corrected chi connectivity index (χ1v) is 7.29. The van der Waals surface area contributed by atoms with Crippen LogP contribution in [-0.2, 0) is 22.0 Å². The van der Waals surface area contributed by atoms with Crippen molar-refractivity contribution >= 4 is 9.84 Å². The van der Waals surface area contributed by atoms with Crippen LogP contribution in [0.25, 0.3) is 0 Å². The first kappa shape index (κ1) is 13.2. The van der Waals surface area contributed by atoms with Crippen LogP contribution in [-0.4, -0.2) is 30.0 Å².